The predicted octanol–water partition coefficient (Wildman–Crippen LogP) is -0.0542. The zero-order chi connectivity index (χ0) is 13.8. The maximum atomic E-state index is 11.3. The molecule has 106 valence electrons. The lowest BCUT2D eigenvalue weighted by atomic mass is 9.97. The number of likely N-dealkylation sites (N-methyl/N-ethyl adjacent to an activating group) is 1. The van der Waals surface area contributed by atoms with Crippen molar-refractivity contribution < 1.29 is 9.90 Å². The van der Waals surface area contributed by atoms with Crippen molar-refractivity contribution in [2.75, 3.05) is 26.7 Å². The van der Waals surface area contributed by atoms with Gasteiger partial charge >= 0.3 is 0 Å². The van der Waals surface area contributed by atoms with Crippen LogP contribution in [0.2, 0.25) is 0 Å². The molecule has 18 heavy (non-hydrogen) atoms. The van der Waals surface area contributed by atoms with Crippen LogP contribution in [0.4, 0.5) is 0 Å². The number of hydrogen-bond donors (Lipinski definition) is 3. The predicted molar refractivity (Wildman–Crippen MR) is 72.4 cm³/mol. The van der Waals surface area contributed by atoms with Crippen molar-refractivity contribution in [1.82, 2.24) is 15.5 Å². The number of rotatable bonds is 5. The highest BCUT2D eigenvalue weighted by Crippen LogP contribution is 2.14. The van der Waals surface area contributed by atoms with Gasteiger partial charge < -0.3 is 15.7 Å². The molecule has 1 aliphatic heterocycles. The fraction of sp³-hybridized carbons (Fsp3) is 0.923. The van der Waals surface area contributed by atoms with Gasteiger partial charge in [-0.15, -0.1) is 0 Å². The second-order valence-electron chi connectivity index (χ2n) is 5.77. The molecule has 1 rings (SSSR count). The van der Waals surface area contributed by atoms with E-state index in [-0.39, 0.29) is 11.9 Å². The van der Waals surface area contributed by atoms with Gasteiger partial charge in [-0.05, 0) is 33.6 Å². The SMILES string of the molecule is CNC(=O)CN1CCC(NC(C)C(C)(C)O)CC1. The lowest BCUT2D eigenvalue weighted by Crippen LogP contribution is -2.52. The molecular formula is C13H27N3O2. The molecule has 1 unspecified atom stereocenters. The van der Waals surface area contributed by atoms with Gasteiger partial charge in [-0.1, -0.05) is 0 Å². The van der Waals surface area contributed by atoms with E-state index in [2.05, 4.69) is 15.5 Å². The minimum absolute atomic E-state index is 0.0752. The summed E-state index contributed by atoms with van der Waals surface area (Å²) in [5, 5.41) is 16.0. The molecule has 1 heterocycles. The molecule has 3 N–H and O–H groups in total. The third-order valence-electron chi connectivity index (χ3n) is 3.78. The number of nitrogens with one attached hydrogen (secondary N) is 2. The molecular weight excluding hydrogens is 230 g/mol. The van der Waals surface area contributed by atoms with Crippen LogP contribution in [0.5, 0.6) is 0 Å². The van der Waals surface area contributed by atoms with Gasteiger partial charge in [-0.25, -0.2) is 0 Å². The highest BCUT2D eigenvalue weighted by atomic mass is 16.3. The van der Waals surface area contributed by atoms with Gasteiger partial charge in [0.25, 0.3) is 0 Å². The van der Waals surface area contributed by atoms with Crippen LogP contribution in [0.25, 0.3) is 0 Å². The third-order valence-corrected chi connectivity index (χ3v) is 3.78. The van der Waals surface area contributed by atoms with E-state index < -0.39 is 5.60 Å². The van der Waals surface area contributed by atoms with Crippen molar-refractivity contribution in [3.05, 3.63) is 0 Å². The minimum Gasteiger partial charge on any atom is -0.389 e. The molecule has 1 amide bonds. The zero-order valence-electron chi connectivity index (χ0n) is 12.0. The number of piperidine rings is 1. The van der Waals surface area contributed by atoms with E-state index in [9.17, 15) is 9.90 Å². The van der Waals surface area contributed by atoms with Crippen molar-refractivity contribution in [3.63, 3.8) is 0 Å². The number of hydrogen-bond acceptors (Lipinski definition) is 4. The first-order valence-corrected chi connectivity index (χ1v) is 6.74. The van der Waals surface area contributed by atoms with Crippen molar-refractivity contribution in [2.45, 2.75) is 51.3 Å². The first kappa shape index (κ1) is 15.4. The quantitative estimate of drug-likeness (QED) is 0.646. The smallest absolute Gasteiger partial charge is 0.233 e. The fourth-order valence-corrected chi connectivity index (χ4v) is 2.10. The van der Waals surface area contributed by atoms with Gasteiger partial charge in [0.1, 0.15) is 0 Å². The molecule has 0 aromatic heterocycles. The van der Waals surface area contributed by atoms with Crippen LogP contribution in [0.15, 0.2) is 0 Å². The Morgan fingerprint density at radius 2 is 2.00 bits per heavy atom. The van der Waals surface area contributed by atoms with Crippen LogP contribution in [0, 0.1) is 0 Å². The van der Waals surface area contributed by atoms with Crippen LogP contribution in [-0.2, 0) is 4.79 Å². The molecule has 5 heteroatoms. The summed E-state index contributed by atoms with van der Waals surface area (Å²) in [5.74, 6) is 0.0752. The molecule has 5 nitrogen and oxygen atoms in total. The van der Waals surface area contributed by atoms with Gasteiger partial charge in [0.2, 0.25) is 5.91 Å². The molecule has 0 bridgehead atoms. The van der Waals surface area contributed by atoms with E-state index in [0.29, 0.717) is 12.6 Å². The highest BCUT2D eigenvalue weighted by Gasteiger charge is 2.27. The van der Waals surface area contributed by atoms with E-state index in [1.54, 1.807) is 7.05 Å². The fourth-order valence-electron chi connectivity index (χ4n) is 2.10. The molecule has 1 aliphatic rings. The zero-order valence-corrected chi connectivity index (χ0v) is 12.0. The molecule has 1 fully saturated rings. The maximum Gasteiger partial charge on any atom is 0.233 e. The Hall–Kier alpha value is -0.650. The van der Waals surface area contributed by atoms with Crippen LogP contribution >= 0.6 is 0 Å². The van der Waals surface area contributed by atoms with Crippen molar-refractivity contribution in [3.8, 4) is 0 Å². The summed E-state index contributed by atoms with van der Waals surface area (Å²) >= 11 is 0. The minimum atomic E-state index is -0.695. The summed E-state index contributed by atoms with van der Waals surface area (Å²) in [5.41, 5.74) is -0.695. The first-order chi connectivity index (χ1) is 8.32. The molecule has 0 aromatic carbocycles. The Balaban J connectivity index is 2.29. The van der Waals surface area contributed by atoms with Crippen LogP contribution < -0.4 is 10.6 Å². The third kappa shape index (κ3) is 4.92. The number of nitrogens with zero attached hydrogens (tertiary/aromatic N) is 1. The number of carbonyl (C=O) groups is 1. The molecule has 0 radical (unpaired) electrons. The number of amides is 1. The Bertz CT molecular complexity index is 268. The second kappa shape index (κ2) is 6.50. The number of likely N-dealkylation sites (tertiary alicyclic amines) is 1. The standard InChI is InChI=1S/C13H27N3O2/c1-10(13(2,3)18)15-11-5-7-16(8-6-11)9-12(17)14-4/h10-11,15,18H,5-9H2,1-4H3,(H,14,17). The molecule has 0 saturated carbocycles. The van der Waals surface area contributed by atoms with E-state index in [1.165, 1.54) is 0 Å². The van der Waals surface area contributed by atoms with E-state index >= 15 is 0 Å². The lowest BCUT2D eigenvalue weighted by molar-refractivity contribution is -0.122. The van der Waals surface area contributed by atoms with Gasteiger partial charge in [0.05, 0.1) is 12.1 Å². The van der Waals surface area contributed by atoms with E-state index in [1.807, 2.05) is 20.8 Å². The summed E-state index contributed by atoms with van der Waals surface area (Å²) in [6.45, 7) is 8.02. The summed E-state index contributed by atoms with van der Waals surface area (Å²) in [4.78, 5) is 13.4. The Morgan fingerprint density at radius 1 is 1.44 bits per heavy atom. The van der Waals surface area contributed by atoms with E-state index in [4.69, 9.17) is 0 Å². The first-order valence-electron chi connectivity index (χ1n) is 6.74. The molecule has 0 aromatic rings. The average molecular weight is 257 g/mol. The summed E-state index contributed by atoms with van der Waals surface area (Å²) < 4.78 is 0. The van der Waals surface area contributed by atoms with Gasteiger partial charge in [-0.3, -0.25) is 9.69 Å². The van der Waals surface area contributed by atoms with Crippen molar-refractivity contribution >= 4 is 5.91 Å². The monoisotopic (exact) mass is 257 g/mol. The van der Waals surface area contributed by atoms with Gasteiger partial charge in [-0.2, -0.15) is 0 Å². The Kier molecular flexibility index (Phi) is 5.56. The van der Waals surface area contributed by atoms with Crippen molar-refractivity contribution in [2.24, 2.45) is 0 Å². The second-order valence-corrected chi connectivity index (χ2v) is 5.77. The number of carbonyl (C=O) groups excluding carboxylic acids is 1. The van der Waals surface area contributed by atoms with Crippen LogP contribution in [0.1, 0.15) is 33.6 Å². The van der Waals surface area contributed by atoms with Crippen LogP contribution in [-0.4, -0.2) is 60.3 Å². The van der Waals surface area contributed by atoms with Gasteiger partial charge in [0.15, 0.2) is 0 Å². The summed E-state index contributed by atoms with van der Waals surface area (Å²) in [6.07, 6.45) is 2.05. The molecule has 0 spiro atoms. The van der Waals surface area contributed by atoms with Crippen LogP contribution in [0.3, 0.4) is 0 Å². The Morgan fingerprint density at radius 3 is 2.44 bits per heavy atom. The van der Waals surface area contributed by atoms with E-state index in [0.717, 1.165) is 25.9 Å². The normalized spacial score (nSPS) is 20.7. The van der Waals surface area contributed by atoms with Gasteiger partial charge in [0, 0.05) is 32.2 Å². The Labute approximate surface area is 110 Å². The summed E-state index contributed by atoms with van der Waals surface area (Å²) in [7, 11) is 1.67. The van der Waals surface area contributed by atoms with Crippen molar-refractivity contribution in [1.29, 1.82) is 0 Å². The lowest BCUT2D eigenvalue weighted by Gasteiger charge is -2.36. The topological polar surface area (TPSA) is 64.6 Å². The summed E-state index contributed by atoms with van der Waals surface area (Å²) in [6, 6.07) is 0.514. The molecule has 1 saturated heterocycles. The maximum absolute atomic E-state index is 11.3. The largest absolute Gasteiger partial charge is 0.389 e. The molecule has 1 atom stereocenters. The number of aliphatic hydroxyl groups is 1. The average Bonchev–Trinajstić information content (AvgIpc) is 2.30. The molecule has 0 aliphatic carbocycles. The highest BCUT2D eigenvalue weighted by molar-refractivity contribution is 5.77.